The van der Waals surface area contributed by atoms with Gasteiger partial charge in [-0.05, 0) is 6.07 Å². The van der Waals surface area contributed by atoms with Gasteiger partial charge >= 0.3 is 5.63 Å². The van der Waals surface area contributed by atoms with Crippen LogP contribution < -0.4 is 11.4 Å². The second kappa shape index (κ2) is 2.23. The highest BCUT2D eigenvalue weighted by molar-refractivity contribution is 5.44. The number of hydrogen-bond acceptors (Lipinski definition) is 4. The molecule has 0 aromatic carbocycles. The van der Waals surface area contributed by atoms with Crippen LogP contribution in [0.15, 0.2) is 21.3 Å². The van der Waals surface area contributed by atoms with Crippen LogP contribution in [0.25, 0.3) is 0 Å². The Balaban J connectivity index is 3.37. The first-order valence-electron chi connectivity index (χ1n) is 2.54. The average Bonchev–Trinajstić information content (AvgIpc) is 1.88. The van der Waals surface area contributed by atoms with Gasteiger partial charge in [0.1, 0.15) is 11.6 Å². The lowest BCUT2D eigenvalue weighted by atomic mass is 10.3. The lowest BCUT2D eigenvalue weighted by Gasteiger charge is -1.89. The summed E-state index contributed by atoms with van der Waals surface area (Å²) in [6.07, 6.45) is 0. The third-order valence-corrected chi connectivity index (χ3v) is 0.983. The normalized spacial score (nSPS) is 8.70. The third-order valence-electron chi connectivity index (χ3n) is 0.983. The molecule has 4 heteroatoms. The molecule has 0 spiro atoms. The molecule has 0 aliphatic carbocycles. The number of nitrogen functional groups attached to an aromatic ring is 1. The molecule has 0 fully saturated rings. The molecule has 0 unspecified atom stereocenters. The highest BCUT2D eigenvalue weighted by Gasteiger charge is 1.97. The Labute approximate surface area is 56.5 Å². The van der Waals surface area contributed by atoms with Crippen LogP contribution in [0.2, 0.25) is 0 Å². The average molecular weight is 136 g/mol. The van der Waals surface area contributed by atoms with E-state index in [9.17, 15) is 4.79 Å². The smallest absolute Gasteiger partial charge is 0.337 e. The highest BCUT2D eigenvalue weighted by Crippen LogP contribution is 2.03. The lowest BCUT2D eigenvalue weighted by Crippen LogP contribution is -2.00. The van der Waals surface area contributed by atoms with Crippen LogP contribution in [0.5, 0.6) is 0 Å². The predicted molar refractivity (Wildman–Crippen MR) is 34.1 cm³/mol. The summed E-state index contributed by atoms with van der Waals surface area (Å²) in [5, 5.41) is 8.32. The van der Waals surface area contributed by atoms with Gasteiger partial charge in [0.25, 0.3) is 0 Å². The Morgan fingerprint density at radius 3 is 2.80 bits per heavy atom. The van der Waals surface area contributed by atoms with Gasteiger partial charge in [-0.15, -0.1) is 0 Å². The van der Waals surface area contributed by atoms with E-state index < -0.39 is 5.63 Å². The van der Waals surface area contributed by atoms with Gasteiger partial charge in [-0.25, -0.2) is 4.79 Å². The van der Waals surface area contributed by atoms with Crippen LogP contribution in [0.1, 0.15) is 5.56 Å². The van der Waals surface area contributed by atoms with Crippen molar-refractivity contribution in [2.24, 2.45) is 0 Å². The van der Waals surface area contributed by atoms with Crippen LogP contribution in [-0.2, 0) is 0 Å². The van der Waals surface area contributed by atoms with Crippen molar-refractivity contribution >= 4 is 5.88 Å². The molecule has 0 radical (unpaired) electrons. The minimum Gasteiger partial charge on any atom is -0.405 e. The largest absolute Gasteiger partial charge is 0.405 e. The van der Waals surface area contributed by atoms with E-state index in [1.807, 2.05) is 0 Å². The van der Waals surface area contributed by atoms with Crippen LogP contribution in [0.3, 0.4) is 0 Å². The van der Waals surface area contributed by atoms with Gasteiger partial charge in [-0.1, -0.05) is 0 Å². The molecule has 10 heavy (non-hydrogen) atoms. The number of hydrogen-bond donors (Lipinski definition) is 1. The predicted octanol–water partition coefficient (Wildman–Crippen LogP) is 0.0937. The molecule has 1 heterocycles. The molecule has 0 atom stereocenters. The van der Waals surface area contributed by atoms with E-state index in [-0.39, 0.29) is 11.4 Å². The van der Waals surface area contributed by atoms with Gasteiger partial charge < -0.3 is 10.2 Å². The third kappa shape index (κ3) is 0.977. The van der Waals surface area contributed by atoms with Gasteiger partial charge in [-0.3, -0.25) is 0 Å². The molecule has 1 aromatic rings. The van der Waals surface area contributed by atoms with Crippen LogP contribution in [-0.4, -0.2) is 0 Å². The molecule has 0 amide bonds. The summed E-state index contributed by atoms with van der Waals surface area (Å²) in [7, 11) is 0. The van der Waals surface area contributed by atoms with Crippen molar-refractivity contribution in [2.75, 3.05) is 5.73 Å². The maximum absolute atomic E-state index is 10.4. The standard InChI is InChI=1S/C6H4N2O2/c7-3-4-1-2-5(9)10-6(4)8/h1-2H,8H2. The minimum absolute atomic E-state index is 0.130. The molecule has 4 nitrogen and oxygen atoms in total. The first-order chi connectivity index (χ1) is 4.74. The van der Waals surface area contributed by atoms with E-state index in [1.165, 1.54) is 6.07 Å². The quantitative estimate of drug-likeness (QED) is 0.548. The van der Waals surface area contributed by atoms with Crippen molar-refractivity contribution < 1.29 is 4.42 Å². The van der Waals surface area contributed by atoms with Gasteiger partial charge in [0, 0.05) is 6.07 Å². The van der Waals surface area contributed by atoms with E-state index in [2.05, 4.69) is 4.42 Å². The molecule has 50 valence electrons. The van der Waals surface area contributed by atoms with Crippen molar-refractivity contribution in [3.63, 3.8) is 0 Å². The Morgan fingerprint density at radius 2 is 2.30 bits per heavy atom. The van der Waals surface area contributed by atoms with Crippen LogP contribution in [0.4, 0.5) is 5.88 Å². The zero-order chi connectivity index (χ0) is 7.56. The second-order valence-corrected chi connectivity index (χ2v) is 1.64. The fourth-order valence-electron chi connectivity index (χ4n) is 0.523. The first-order valence-corrected chi connectivity index (χ1v) is 2.54. The van der Waals surface area contributed by atoms with Crippen LogP contribution >= 0.6 is 0 Å². The van der Waals surface area contributed by atoms with Crippen molar-refractivity contribution in [2.45, 2.75) is 0 Å². The Bertz CT molecular complexity index is 334. The van der Waals surface area contributed by atoms with E-state index in [0.29, 0.717) is 0 Å². The molecule has 1 rings (SSSR count). The Kier molecular flexibility index (Phi) is 1.42. The number of nitriles is 1. The number of anilines is 1. The van der Waals surface area contributed by atoms with Gasteiger partial charge in [-0.2, -0.15) is 5.26 Å². The summed E-state index contributed by atoms with van der Waals surface area (Å²) in [4.78, 5) is 10.4. The number of nitrogens with zero attached hydrogens (tertiary/aromatic N) is 1. The van der Waals surface area contributed by atoms with E-state index in [0.717, 1.165) is 6.07 Å². The fourth-order valence-corrected chi connectivity index (χ4v) is 0.523. The molecule has 1 aromatic heterocycles. The van der Waals surface area contributed by atoms with Crippen molar-refractivity contribution in [3.8, 4) is 6.07 Å². The maximum atomic E-state index is 10.4. The molecular formula is C6H4N2O2. The van der Waals surface area contributed by atoms with Crippen molar-refractivity contribution in [1.29, 1.82) is 5.26 Å². The zero-order valence-electron chi connectivity index (χ0n) is 5.00. The van der Waals surface area contributed by atoms with Crippen molar-refractivity contribution in [1.82, 2.24) is 0 Å². The lowest BCUT2D eigenvalue weighted by molar-refractivity contribution is 0.530. The maximum Gasteiger partial charge on any atom is 0.337 e. The number of rotatable bonds is 0. The van der Waals surface area contributed by atoms with Crippen molar-refractivity contribution in [3.05, 3.63) is 28.1 Å². The Hall–Kier alpha value is -1.76. The SMILES string of the molecule is N#Cc1ccc(=O)oc1N. The molecule has 0 aliphatic rings. The van der Waals surface area contributed by atoms with E-state index >= 15 is 0 Å². The summed E-state index contributed by atoms with van der Waals surface area (Å²) in [5.74, 6) is -0.130. The second-order valence-electron chi connectivity index (χ2n) is 1.64. The van der Waals surface area contributed by atoms with Crippen LogP contribution in [0, 0.1) is 11.3 Å². The zero-order valence-corrected chi connectivity index (χ0v) is 5.00. The summed E-state index contributed by atoms with van der Waals surface area (Å²) in [6.45, 7) is 0. The van der Waals surface area contributed by atoms with E-state index in [4.69, 9.17) is 11.0 Å². The molecular weight excluding hydrogens is 132 g/mol. The molecule has 2 N–H and O–H groups in total. The molecule has 0 bridgehead atoms. The summed E-state index contributed by atoms with van der Waals surface area (Å²) in [6, 6.07) is 4.23. The number of nitrogens with two attached hydrogens (primary N) is 1. The molecule has 0 saturated carbocycles. The molecule has 0 aliphatic heterocycles. The minimum atomic E-state index is -0.545. The van der Waals surface area contributed by atoms with Gasteiger partial charge in [0.2, 0.25) is 5.88 Å². The summed E-state index contributed by atoms with van der Waals surface area (Å²) < 4.78 is 4.40. The van der Waals surface area contributed by atoms with Gasteiger partial charge in [0.05, 0.1) is 0 Å². The first kappa shape index (κ1) is 6.36. The van der Waals surface area contributed by atoms with E-state index in [1.54, 1.807) is 6.07 Å². The fraction of sp³-hybridized carbons (Fsp3) is 0. The monoisotopic (exact) mass is 136 g/mol. The highest BCUT2D eigenvalue weighted by atomic mass is 16.4. The Morgan fingerprint density at radius 1 is 1.60 bits per heavy atom. The molecule has 0 saturated heterocycles. The van der Waals surface area contributed by atoms with Gasteiger partial charge in [0.15, 0.2) is 0 Å². The summed E-state index contributed by atoms with van der Waals surface area (Å²) in [5.41, 5.74) is 4.78. The topological polar surface area (TPSA) is 80.0 Å². The summed E-state index contributed by atoms with van der Waals surface area (Å²) >= 11 is 0.